The zero-order valence-electron chi connectivity index (χ0n) is 10.8. The van der Waals surface area contributed by atoms with E-state index < -0.39 is 0 Å². The highest BCUT2D eigenvalue weighted by Crippen LogP contribution is 2.10. The fourth-order valence-electron chi connectivity index (χ4n) is 1.29. The molecule has 100 valence electrons. The molecule has 3 nitrogen and oxygen atoms in total. The highest BCUT2D eigenvalue weighted by molar-refractivity contribution is 5.52. The number of hydrogen-bond donors (Lipinski definition) is 2. The second kappa shape index (κ2) is 7.76. The fraction of sp³-hybridized carbons (Fsp3) is 0.0667. The molecule has 3 N–H and O–H groups in total. The predicted octanol–water partition coefficient (Wildman–Crippen LogP) is 3.66. The Bertz CT molecular complexity index is 512. The Morgan fingerprint density at radius 2 is 1.89 bits per heavy atom. The Hall–Kier alpha value is -2.49. The molecule has 19 heavy (non-hydrogen) atoms. The molecule has 2 rings (SSSR count). The van der Waals surface area contributed by atoms with Gasteiger partial charge in [-0.2, -0.15) is 0 Å². The molecule has 4 heteroatoms. The third-order valence-electron chi connectivity index (χ3n) is 2.21. The molecule has 0 radical (unpaired) electrons. The maximum Gasteiger partial charge on any atom is 0.126 e. The number of ether oxygens (including phenoxy) is 1. The summed E-state index contributed by atoms with van der Waals surface area (Å²) in [5, 5.41) is 2.94. The van der Waals surface area contributed by atoms with Crippen molar-refractivity contribution >= 4 is 11.4 Å². The van der Waals surface area contributed by atoms with Crippen molar-refractivity contribution < 1.29 is 9.13 Å². The Labute approximate surface area is 112 Å². The first-order valence-corrected chi connectivity index (χ1v) is 5.68. The number of hydrogen-bond acceptors (Lipinski definition) is 3. The van der Waals surface area contributed by atoms with Gasteiger partial charge in [0.15, 0.2) is 0 Å². The Balaban J connectivity index is 0.000000191. The van der Waals surface area contributed by atoms with Gasteiger partial charge in [0.2, 0.25) is 0 Å². The molecule has 0 spiro atoms. The second-order valence-electron chi connectivity index (χ2n) is 3.63. The van der Waals surface area contributed by atoms with E-state index in [2.05, 4.69) is 11.9 Å². The minimum atomic E-state index is -0.269. The monoisotopic (exact) mass is 260 g/mol. The van der Waals surface area contributed by atoms with Crippen LogP contribution in [0.3, 0.4) is 0 Å². The van der Waals surface area contributed by atoms with E-state index in [1.807, 2.05) is 24.3 Å². The number of nitrogen functional groups attached to an aromatic ring is 1. The lowest BCUT2D eigenvalue weighted by atomic mass is 10.3. The van der Waals surface area contributed by atoms with Crippen molar-refractivity contribution in [3.8, 4) is 5.75 Å². The number of benzene rings is 2. The molecule has 0 saturated carbocycles. The molecule has 0 amide bonds. The van der Waals surface area contributed by atoms with Crippen LogP contribution in [0.25, 0.3) is 0 Å². The van der Waals surface area contributed by atoms with E-state index in [0.29, 0.717) is 5.75 Å². The summed E-state index contributed by atoms with van der Waals surface area (Å²) in [6.07, 6.45) is 1.63. The maximum atomic E-state index is 12.3. The van der Waals surface area contributed by atoms with Crippen molar-refractivity contribution in [1.82, 2.24) is 0 Å². The van der Waals surface area contributed by atoms with Crippen LogP contribution in [0.5, 0.6) is 5.75 Å². The number of nitrogens with two attached hydrogens (primary N) is 1. The SMILES string of the molecule is C=CNc1ccc(N)cc1.COc1cccc(F)c1. The normalized spacial score (nSPS) is 8.95. The topological polar surface area (TPSA) is 47.3 Å². The van der Waals surface area contributed by atoms with Crippen LogP contribution in [-0.4, -0.2) is 7.11 Å². The lowest BCUT2D eigenvalue weighted by Crippen LogP contribution is -1.87. The molecular formula is C15H17FN2O. The molecule has 0 aliphatic rings. The molecule has 0 atom stereocenters. The van der Waals surface area contributed by atoms with E-state index in [1.165, 1.54) is 19.2 Å². The summed E-state index contributed by atoms with van der Waals surface area (Å²) in [5.41, 5.74) is 7.25. The van der Waals surface area contributed by atoms with Gasteiger partial charge in [-0.1, -0.05) is 12.6 Å². The smallest absolute Gasteiger partial charge is 0.126 e. The highest BCUT2D eigenvalue weighted by Gasteiger charge is 1.90. The van der Waals surface area contributed by atoms with Crippen LogP contribution in [0, 0.1) is 5.82 Å². The molecule has 0 aromatic heterocycles. The first-order chi connectivity index (χ1) is 9.15. The van der Waals surface area contributed by atoms with Gasteiger partial charge in [-0.15, -0.1) is 0 Å². The quantitative estimate of drug-likeness (QED) is 0.828. The Morgan fingerprint density at radius 3 is 2.37 bits per heavy atom. The molecule has 2 aromatic carbocycles. The van der Waals surface area contributed by atoms with E-state index in [9.17, 15) is 4.39 Å². The summed E-state index contributed by atoms with van der Waals surface area (Å²) in [6, 6.07) is 13.5. The summed E-state index contributed by atoms with van der Waals surface area (Å²) in [6.45, 7) is 3.54. The van der Waals surface area contributed by atoms with Gasteiger partial charge in [0.25, 0.3) is 0 Å². The van der Waals surface area contributed by atoms with Crippen molar-refractivity contribution in [2.45, 2.75) is 0 Å². The van der Waals surface area contributed by atoms with Gasteiger partial charge in [-0.3, -0.25) is 0 Å². The van der Waals surface area contributed by atoms with Crippen molar-refractivity contribution in [3.63, 3.8) is 0 Å². The fourth-order valence-corrected chi connectivity index (χ4v) is 1.29. The minimum absolute atomic E-state index is 0.269. The van der Waals surface area contributed by atoms with Crippen LogP contribution < -0.4 is 15.8 Å². The molecular weight excluding hydrogens is 243 g/mol. The van der Waals surface area contributed by atoms with Gasteiger partial charge < -0.3 is 15.8 Å². The lowest BCUT2D eigenvalue weighted by molar-refractivity contribution is 0.411. The van der Waals surface area contributed by atoms with Crippen LogP contribution in [0.1, 0.15) is 0 Å². The molecule has 2 aromatic rings. The standard InChI is InChI=1S/C8H10N2.C7H7FO/c1-2-10-8-5-3-7(9)4-6-8;1-9-7-4-2-3-6(8)5-7/h2-6,10H,1,9H2;2-5H,1H3. The number of halogens is 1. The third-order valence-corrected chi connectivity index (χ3v) is 2.21. The van der Waals surface area contributed by atoms with Crippen LogP contribution in [-0.2, 0) is 0 Å². The van der Waals surface area contributed by atoms with Gasteiger partial charge in [0, 0.05) is 17.4 Å². The van der Waals surface area contributed by atoms with Gasteiger partial charge in [0.1, 0.15) is 11.6 Å². The first kappa shape index (κ1) is 14.6. The maximum absolute atomic E-state index is 12.3. The summed E-state index contributed by atoms with van der Waals surface area (Å²) in [5.74, 6) is 0.282. The molecule has 0 aliphatic carbocycles. The van der Waals surface area contributed by atoms with E-state index in [-0.39, 0.29) is 5.82 Å². The summed E-state index contributed by atoms with van der Waals surface area (Å²) in [4.78, 5) is 0. The van der Waals surface area contributed by atoms with E-state index >= 15 is 0 Å². The zero-order valence-corrected chi connectivity index (χ0v) is 10.8. The zero-order chi connectivity index (χ0) is 14.1. The molecule has 0 heterocycles. The van der Waals surface area contributed by atoms with Crippen molar-refractivity contribution in [2.24, 2.45) is 0 Å². The van der Waals surface area contributed by atoms with Crippen molar-refractivity contribution in [1.29, 1.82) is 0 Å². The molecule has 0 unspecified atom stereocenters. The molecule has 0 bridgehead atoms. The number of anilines is 2. The van der Waals surface area contributed by atoms with Crippen LogP contribution in [0.15, 0.2) is 61.3 Å². The van der Waals surface area contributed by atoms with Gasteiger partial charge >= 0.3 is 0 Å². The van der Waals surface area contributed by atoms with E-state index in [1.54, 1.807) is 18.3 Å². The molecule has 0 fully saturated rings. The Morgan fingerprint density at radius 1 is 1.21 bits per heavy atom. The summed E-state index contributed by atoms with van der Waals surface area (Å²) >= 11 is 0. The number of rotatable bonds is 3. The number of nitrogens with one attached hydrogen (secondary N) is 1. The van der Waals surface area contributed by atoms with Crippen LogP contribution >= 0.6 is 0 Å². The highest BCUT2D eigenvalue weighted by atomic mass is 19.1. The lowest BCUT2D eigenvalue weighted by Gasteiger charge is -1.98. The Kier molecular flexibility index (Phi) is 5.95. The van der Waals surface area contributed by atoms with Gasteiger partial charge in [0.05, 0.1) is 7.11 Å². The van der Waals surface area contributed by atoms with Crippen molar-refractivity contribution in [2.75, 3.05) is 18.2 Å². The van der Waals surface area contributed by atoms with E-state index in [0.717, 1.165) is 11.4 Å². The van der Waals surface area contributed by atoms with Crippen molar-refractivity contribution in [3.05, 3.63) is 67.1 Å². The minimum Gasteiger partial charge on any atom is -0.497 e. The second-order valence-corrected chi connectivity index (χ2v) is 3.63. The van der Waals surface area contributed by atoms with Crippen LogP contribution in [0.2, 0.25) is 0 Å². The third kappa shape index (κ3) is 5.59. The number of methoxy groups -OCH3 is 1. The van der Waals surface area contributed by atoms with Crippen LogP contribution in [0.4, 0.5) is 15.8 Å². The summed E-state index contributed by atoms with van der Waals surface area (Å²) in [7, 11) is 1.51. The van der Waals surface area contributed by atoms with Gasteiger partial charge in [-0.05, 0) is 42.6 Å². The predicted molar refractivity (Wildman–Crippen MR) is 77.6 cm³/mol. The largest absolute Gasteiger partial charge is 0.497 e. The summed E-state index contributed by atoms with van der Waals surface area (Å²) < 4.78 is 17.0. The average Bonchev–Trinajstić information content (AvgIpc) is 2.42. The van der Waals surface area contributed by atoms with Gasteiger partial charge in [-0.25, -0.2) is 4.39 Å². The first-order valence-electron chi connectivity index (χ1n) is 5.68. The molecule has 0 saturated heterocycles. The molecule has 0 aliphatic heterocycles. The van der Waals surface area contributed by atoms with E-state index in [4.69, 9.17) is 10.5 Å². The average molecular weight is 260 g/mol.